The van der Waals surface area contributed by atoms with Crippen molar-refractivity contribution in [1.29, 1.82) is 0 Å². The molecule has 2 N–H and O–H groups in total. The van der Waals surface area contributed by atoms with Crippen molar-refractivity contribution in [3.63, 3.8) is 0 Å². The molecule has 0 saturated carbocycles. The number of phosphoric acid groups is 1. The van der Waals surface area contributed by atoms with Gasteiger partial charge in [-0.15, -0.1) is 0 Å². The van der Waals surface area contributed by atoms with Crippen LogP contribution < -0.4 is 4.52 Å². The van der Waals surface area contributed by atoms with Crippen LogP contribution >= 0.6 is 7.82 Å². The van der Waals surface area contributed by atoms with Gasteiger partial charge in [-0.05, 0) is 38.3 Å². The molecule has 0 aromatic heterocycles. The molecule has 0 aliphatic carbocycles. The van der Waals surface area contributed by atoms with E-state index in [0.717, 1.165) is 44.5 Å². The van der Waals surface area contributed by atoms with Crippen LogP contribution in [0.25, 0.3) is 0 Å². The van der Waals surface area contributed by atoms with Gasteiger partial charge in [0, 0.05) is 13.2 Å². The maximum Gasteiger partial charge on any atom is 0.524 e. The summed E-state index contributed by atoms with van der Waals surface area (Å²) >= 11 is 0. The van der Waals surface area contributed by atoms with Crippen LogP contribution in [0.2, 0.25) is 0 Å². The van der Waals surface area contributed by atoms with Crippen molar-refractivity contribution in [2.45, 2.75) is 46.5 Å². The quantitative estimate of drug-likeness (QED) is 0.561. The fourth-order valence-electron chi connectivity index (χ4n) is 1.70. The molecule has 21 heavy (non-hydrogen) atoms. The second-order valence-corrected chi connectivity index (χ2v) is 5.59. The van der Waals surface area contributed by atoms with Crippen LogP contribution in [0.1, 0.15) is 45.6 Å². The zero-order chi connectivity index (χ0) is 16.1. The van der Waals surface area contributed by atoms with Gasteiger partial charge in [-0.25, -0.2) is 4.57 Å². The topological polar surface area (TPSA) is 76.0 Å². The summed E-state index contributed by atoms with van der Waals surface area (Å²) in [7, 11) is -4.45. The van der Waals surface area contributed by atoms with Gasteiger partial charge in [-0.3, -0.25) is 9.79 Å². The van der Waals surface area contributed by atoms with Crippen molar-refractivity contribution >= 4 is 7.82 Å². The van der Waals surface area contributed by atoms with Crippen molar-refractivity contribution in [3.8, 4) is 5.75 Å². The van der Waals surface area contributed by atoms with Crippen molar-refractivity contribution in [1.82, 2.24) is 0 Å². The van der Waals surface area contributed by atoms with E-state index in [2.05, 4.69) is 11.4 Å². The van der Waals surface area contributed by atoms with Gasteiger partial charge < -0.3 is 9.26 Å². The minimum absolute atomic E-state index is 0.284. The Morgan fingerprint density at radius 1 is 1.05 bits per heavy atom. The molecule has 0 bridgehead atoms. The summed E-state index contributed by atoms with van der Waals surface area (Å²) in [6.07, 6.45) is 3.99. The first-order valence-corrected chi connectivity index (χ1v) is 8.88. The van der Waals surface area contributed by atoms with Gasteiger partial charge in [0.15, 0.2) is 0 Å². The molecule has 5 nitrogen and oxygen atoms in total. The van der Waals surface area contributed by atoms with Gasteiger partial charge in [0.05, 0.1) is 0 Å². The molecule has 1 aromatic rings. The molecule has 0 aliphatic heterocycles. The lowest BCUT2D eigenvalue weighted by molar-refractivity contribution is 0.162. The summed E-state index contributed by atoms with van der Waals surface area (Å²) in [5.74, 6) is 0.284. The van der Waals surface area contributed by atoms with Crippen LogP contribution in [0.3, 0.4) is 0 Å². The normalized spacial score (nSPS) is 10.7. The number of rotatable bonds is 8. The number of phosphoric ester groups is 1. The highest BCUT2D eigenvalue weighted by molar-refractivity contribution is 7.46. The second-order valence-electron chi connectivity index (χ2n) is 4.43. The Morgan fingerprint density at radius 2 is 1.67 bits per heavy atom. The molecule has 0 aliphatic rings. The standard InChI is InChI=1S/C11H17O4P.C4H10O/c1-2-3-4-7-10-8-5-6-9-11(10)15-16(12,13)14;1-3-5-4-2/h5-6,8-9H,2-4,7H2,1H3,(H2,12,13,14);3-4H2,1-2H3. The summed E-state index contributed by atoms with van der Waals surface area (Å²) in [5.41, 5.74) is 0.847. The largest absolute Gasteiger partial charge is 0.524 e. The maximum absolute atomic E-state index is 10.8. The van der Waals surface area contributed by atoms with Crippen molar-refractivity contribution in [2.75, 3.05) is 13.2 Å². The van der Waals surface area contributed by atoms with E-state index in [1.54, 1.807) is 12.1 Å². The van der Waals surface area contributed by atoms with E-state index in [-0.39, 0.29) is 5.75 Å². The number of hydrogen-bond acceptors (Lipinski definition) is 3. The van der Waals surface area contributed by atoms with Crippen molar-refractivity contribution in [2.24, 2.45) is 0 Å². The molecule has 1 aromatic carbocycles. The zero-order valence-electron chi connectivity index (χ0n) is 13.1. The van der Waals surface area contributed by atoms with E-state index >= 15 is 0 Å². The Bertz CT molecular complexity index is 414. The molecule has 0 fully saturated rings. The predicted octanol–water partition coefficient (Wildman–Crippen LogP) is 3.93. The highest BCUT2D eigenvalue weighted by atomic mass is 31.2. The Kier molecular flexibility index (Phi) is 11.3. The van der Waals surface area contributed by atoms with Crippen LogP contribution in [0.4, 0.5) is 0 Å². The van der Waals surface area contributed by atoms with E-state index in [0.29, 0.717) is 0 Å². The first-order valence-electron chi connectivity index (χ1n) is 7.35. The van der Waals surface area contributed by atoms with Gasteiger partial charge in [0.2, 0.25) is 0 Å². The number of benzene rings is 1. The van der Waals surface area contributed by atoms with Crippen LogP contribution in [0.5, 0.6) is 5.75 Å². The Morgan fingerprint density at radius 3 is 2.14 bits per heavy atom. The lowest BCUT2D eigenvalue weighted by atomic mass is 10.1. The third kappa shape index (κ3) is 11.5. The summed E-state index contributed by atoms with van der Waals surface area (Å²) in [5, 5.41) is 0. The molecule has 1 rings (SSSR count). The van der Waals surface area contributed by atoms with E-state index < -0.39 is 7.82 Å². The van der Waals surface area contributed by atoms with Crippen molar-refractivity contribution < 1.29 is 23.6 Å². The van der Waals surface area contributed by atoms with E-state index in [9.17, 15) is 4.57 Å². The van der Waals surface area contributed by atoms with Crippen LogP contribution in [-0.4, -0.2) is 23.0 Å². The maximum atomic E-state index is 10.8. The average Bonchev–Trinajstić information content (AvgIpc) is 2.41. The van der Waals surface area contributed by atoms with Gasteiger partial charge in [0.1, 0.15) is 5.75 Å². The fraction of sp³-hybridized carbons (Fsp3) is 0.600. The van der Waals surface area contributed by atoms with E-state index in [4.69, 9.17) is 14.5 Å². The molecule has 122 valence electrons. The molecule has 0 amide bonds. The number of hydrogen-bond donors (Lipinski definition) is 2. The van der Waals surface area contributed by atoms with E-state index in [1.807, 2.05) is 26.0 Å². The molecular weight excluding hydrogens is 291 g/mol. The summed E-state index contributed by atoms with van der Waals surface area (Å²) < 4.78 is 20.2. The Labute approximate surface area is 127 Å². The third-order valence-electron chi connectivity index (χ3n) is 2.65. The van der Waals surface area contributed by atoms with Crippen LogP contribution in [0, 0.1) is 0 Å². The third-order valence-corrected chi connectivity index (χ3v) is 3.08. The molecule has 0 saturated heterocycles. The van der Waals surface area contributed by atoms with Gasteiger partial charge in [0.25, 0.3) is 0 Å². The molecule has 0 heterocycles. The number of aryl methyl sites for hydroxylation is 1. The van der Waals surface area contributed by atoms with Gasteiger partial charge in [-0.2, -0.15) is 0 Å². The molecule has 0 spiro atoms. The monoisotopic (exact) mass is 318 g/mol. The predicted molar refractivity (Wildman–Crippen MR) is 84.5 cm³/mol. The first-order chi connectivity index (χ1) is 9.94. The summed E-state index contributed by atoms with van der Waals surface area (Å²) in [4.78, 5) is 17.5. The van der Waals surface area contributed by atoms with Crippen LogP contribution in [0.15, 0.2) is 24.3 Å². The summed E-state index contributed by atoms with van der Waals surface area (Å²) in [6, 6.07) is 6.96. The first kappa shape index (κ1) is 20.1. The molecule has 6 heteroatoms. The molecule has 0 atom stereocenters. The van der Waals surface area contributed by atoms with Gasteiger partial charge in [-0.1, -0.05) is 38.0 Å². The Balaban J connectivity index is 0.000000690. The van der Waals surface area contributed by atoms with E-state index in [1.165, 1.54) is 0 Å². The smallest absolute Gasteiger partial charge is 0.404 e. The van der Waals surface area contributed by atoms with Crippen LogP contribution in [-0.2, 0) is 15.7 Å². The lowest BCUT2D eigenvalue weighted by Crippen LogP contribution is -1.95. The summed E-state index contributed by atoms with van der Waals surface area (Å²) in [6.45, 7) is 7.78. The second kappa shape index (κ2) is 11.8. The van der Waals surface area contributed by atoms with Gasteiger partial charge >= 0.3 is 7.82 Å². The minimum atomic E-state index is -4.45. The molecule has 0 radical (unpaired) electrons. The highest BCUT2D eigenvalue weighted by Gasteiger charge is 2.17. The number of ether oxygens (including phenoxy) is 1. The average molecular weight is 318 g/mol. The number of unbranched alkanes of at least 4 members (excludes halogenated alkanes) is 2. The Hall–Kier alpha value is -0.870. The van der Waals surface area contributed by atoms with Crippen molar-refractivity contribution in [3.05, 3.63) is 29.8 Å². The molecule has 0 unspecified atom stereocenters. The fourth-order valence-corrected chi connectivity index (χ4v) is 2.13. The highest BCUT2D eigenvalue weighted by Crippen LogP contribution is 2.39. The zero-order valence-corrected chi connectivity index (χ0v) is 14.0. The number of para-hydroxylation sites is 1. The SMILES string of the molecule is CCCCCc1ccccc1OP(=O)(O)O.CCOCC. The molecular formula is C15H27O5P. The lowest BCUT2D eigenvalue weighted by Gasteiger charge is -2.11. The minimum Gasteiger partial charge on any atom is -0.404 e.